The van der Waals surface area contributed by atoms with E-state index in [2.05, 4.69) is 28.3 Å². The molecule has 0 fully saturated rings. The average molecular weight is 213 g/mol. The molecule has 0 saturated carbocycles. The lowest BCUT2D eigenvalue weighted by molar-refractivity contribution is 0.884. The summed E-state index contributed by atoms with van der Waals surface area (Å²) in [6, 6.07) is 7.90. The van der Waals surface area contributed by atoms with E-state index >= 15 is 0 Å². The van der Waals surface area contributed by atoms with E-state index in [4.69, 9.17) is 0 Å². The molecule has 0 amide bonds. The lowest BCUT2D eigenvalue weighted by atomic mass is 10.2. The van der Waals surface area contributed by atoms with Crippen molar-refractivity contribution in [1.82, 2.24) is 15.3 Å². The number of aromatic nitrogens is 2. The Balaban J connectivity index is 2.36. The van der Waals surface area contributed by atoms with E-state index < -0.39 is 0 Å². The minimum atomic E-state index is 0.870. The third-order valence-corrected chi connectivity index (χ3v) is 2.32. The van der Waals surface area contributed by atoms with Crippen molar-refractivity contribution in [3.63, 3.8) is 0 Å². The van der Waals surface area contributed by atoms with E-state index in [1.165, 1.54) is 5.57 Å². The first-order valence-corrected chi connectivity index (χ1v) is 5.33. The zero-order valence-corrected chi connectivity index (χ0v) is 9.57. The van der Waals surface area contributed by atoms with Crippen molar-refractivity contribution >= 4 is 17.1 Å². The third-order valence-electron chi connectivity index (χ3n) is 2.32. The molecule has 1 aromatic heterocycles. The maximum Gasteiger partial charge on any atom is 0.0894 e. The number of nitrogens with one attached hydrogen (secondary N) is 1. The summed E-state index contributed by atoms with van der Waals surface area (Å²) in [5.41, 5.74) is 4.03. The molecule has 1 N–H and O–H groups in total. The predicted octanol–water partition coefficient (Wildman–Crippen LogP) is 2.25. The van der Waals surface area contributed by atoms with Gasteiger partial charge in [-0.25, -0.2) is 4.98 Å². The molecule has 82 valence electrons. The van der Waals surface area contributed by atoms with Gasteiger partial charge < -0.3 is 5.32 Å². The molecule has 0 aliphatic rings. The Morgan fingerprint density at radius 2 is 2.06 bits per heavy atom. The minimum Gasteiger partial charge on any atom is -0.316 e. The normalized spacial score (nSPS) is 12.0. The maximum atomic E-state index is 4.53. The number of benzene rings is 1. The molecule has 0 radical (unpaired) electrons. The largest absolute Gasteiger partial charge is 0.316 e. The van der Waals surface area contributed by atoms with Crippen molar-refractivity contribution in [3.8, 4) is 0 Å². The van der Waals surface area contributed by atoms with Crippen LogP contribution in [0.4, 0.5) is 0 Å². The fourth-order valence-electron chi connectivity index (χ4n) is 1.62. The molecule has 2 aromatic rings. The smallest absolute Gasteiger partial charge is 0.0894 e. The fraction of sp³-hybridized carbons (Fsp3) is 0.231. The van der Waals surface area contributed by atoms with Crippen LogP contribution in [0, 0.1) is 0 Å². The van der Waals surface area contributed by atoms with Crippen LogP contribution < -0.4 is 5.32 Å². The summed E-state index contributed by atoms with van der Waals surface area (Å²) >= 11 is 0. The Morgan fingerprint density at radius 1 is 1.31 bits per heavy atom. The van der Waals surface area contributed by atoms with Crippen LogP contribution in [0.1, 0.15) is 12.6 Å². The van der Waals surface area contributed by atoms with Crippen molar-refractivity contribution in [2.45, 2.75) is 6.92 Å². The monoisotopic (exact) mass is 213 g/mol. The second kappa shape index (κ2) is 4.86. The highest BCUT2D eigenvalue weighted by molar-refractivity contribution is 5.74. The summed E-state index contributed by atoms with van der Waals surface area (Å²) < 4.78 is 0. The topological polar surface area (TPSA) is 37.8 Å². The highest BCUT2D eigenvalue weighted by Crippen LogP contribution is 2.10. The number of likely N-dealkylation sites (N-methyl/N-ethyl adjacent to an activating group) is 1. The quantitative estimate of drug-likeness (QED) is 0.849. The predicted molar refractivity (Wildman–Crippen MR) is 67.1 cm³/mol. The standard InChI is InChI=1S/C13H15N3/c1-10(8-14-2)7-11-9-15-12-5-3-4-6-13(12)16-11/h3-7,9,14H,8H2,1-2H3. The van der Waals surface area contributed by atoms with E-state index in [0.29, 0.717) is 0 Å². The fourth-order valence-corrected chi connectivity index (χ4v) is 1.62. The maximum absolute atomic E-state index is 4.53. The van der Waals surface area contributed by atoms with Crippen LogP contribution in [-0.2, 0) is 0 Å². The summed E-state index contributed by atoms with van der Waals surface area (Å²) in [4.78, 5) is 8.90. The van der Waals surface area contributed by atoms with Crippen LogP contribution in [-0.4, -0.2) is 23.6 Å². The Morgan fingerprint density at radius 3 is 2.81 bits per heavy atom. The van der Waals surface area contributed by atoms with Gasteiger partial charge in [-0.1, -0.05) is 17.7 Å². The molecule has 0 atom stereocenters. The average Bonchev–Trinajstić information content (AvgIpc) is 2.29. The highest BCUT2D eigenvalue weighted by Gasteiger charge is 1.97. The molecule has 3 heteroatoms. The molecular weight excluding hydrogens is 198 g/mol. The van der Waals surface area contributed by atoms with Gasteiger partial charge in [0, 0.05) is 6.54 Å². The van der Waals surface area contributed by atoms with Crippen LogP contribution >= 0.6 is 0 Å². The van der Waals surface area contributed by atoms with Crippen molar-refractivity contribution in [2.75, 3.05) is 13.6 Å². The number of rotatable bonds is 3. The van der Waals surface area contributed by atoms with Gasteiger partial charge >= 0.3 is 0 Å². The van der Waals surface area contributed by atoms with E-state index in [1.54, 1.807) is 0 Å². The van der Waals surface area contributed by atoms with Crippen LogP contribution in [0.15, 0.2) is 36.0 Å². The highest BCUT2D eigenvalue weighted by atomic mass is 14.8. The third kappa shape index (κ3) is 2.44. The molecule has 0 aliphatic carbocycles. The van der Waals surface area contributed by atoms with Gasteiger partial charge in [-0.2, -0.15) is 0 Å². The Labute approximate surface area is 95.2 Å². The summed E-state index contributed by atoms with van der Waals surface area (Å²) in [6.07, 6.45) is 3.86. The van der Waals surface area contributed by atoms with Gasteiger partial charge in [-0.05, 0) is 32.2 Å². The molecule has 0 spiro atoms. The first kappa shape index (κ1) is 10.8. The van der Waals surface area contributed by atoms with Gasteiger partial charge in [0.05, 0.1) is 22.9 Å². The SMILES string of the molecule is CNCC(C)=Cc1cnc2ccccc2n1. The van der Waals surface area contributed by atoms with Crippen molar-refractivity contribution in [2.24, 2.45) is 0 Å². The van der Waals surface area contributed by atoms with Crippen LogP contribution in [0.3, 0.4) is 0 Å². The van der Waals surface area contributed by atoms with Gasteiger partial charge in [0.2, 0.25) is 0 Å². The lowest BCUT2D eigenvalue weighted by Gasteiger charge is -2.01. The zero-order valence-electron chi connectivity index (χ0n) is 9.57. The van der Waals surface area contributed by atoms with Crippen LogP contribution in [0.2, 0.25) is 0 Å². The Bertz CT molecular complexity index is 517. The second-order valence-corrected chi connectivity index (χ2v) is 3.80. The molecule has 0 saturated heterocycles. The van der Waals surface area contributed by atoms with Gasteiger partial charge in [0.1, 0.15) is 0 Å². The molecule has 1 aromatic carbocycles. The summed E-state index contributed by atoms with van der Waals surface area (Å²) in [6.45, 7) is 2.95. The van der Waals surface area contributed by atoms with Crippen molar-refractivity contribution in [3.05, 3.63) is 41.7 Å². The summed E-state index contributed by atoms with van der Waals surface area (Å²) in [5.74, 6) is 0. The number of hydrogen-bond donors (Lipinski definition) is 1. The van der Waals surface area contributed by atoms with Gasteiger partial charge in [0.25, 0.3) is 0 Å². The van der Waals surface area contributed by atoms with Gasteiger partial charge in [0.15, 0.2) is 0 Å². The minimum absolute atomic E-state index is 0.870. The first-order valence-electron chi connectivity index (χ1n) is 5.33. The molecule has 3 nitrogen and oxygen atoms in total. The Hall–Kier alpha value is -1.74. The second-order valence-electron chi connectivity index (χ2n) is 3.80. The zero-order chi connectivity index (χ0) is 11.4. The molecule has 16 heavy (non-hydrogen) atoms. The van der Waals surface area contributed by atoms with E-state index in [0.717, 1.165) is 23.3 Å². The molecule has 0 unspecified atom stereocenters. The van der Waals surface area contributed by atoms with Crippen LogP contribution in [0.25, 0.3) is 17.1 Å². The van der Waals surface area contributed by atoms with E-state index in [1.807, 2.05) is 37.5 Å². The molecule has 2 rings (SSSR count). The van der Waals surface area contributed by atoms with Crippen molar-refractivity contribution < 1.29 is 0 Å². The number of fused-ring (bicyclic) bond motifs is 1. The Kier molecular flexibility index (Phi) is 3.27. The summed E-state index contributed by atoms with van der Waals surface area (Å²) in [7, 11) is 1.93. The first-order chi connectivity index (χ1) is 7.79. The number of nitrogens with zero attached hydrogens (tertiary/aromatic N) is 2. The molecular formula is C13H15N3. The number of para-hydroxylation sites is 2. The molecule has 1 heterocycles. The molecule has 0 aliphatic heterocycles. The lowest BCUT2D eigenvalue weighted by Crippen LogP contribution is -2.08. The van der Waals surface area contributed by atoms with Crippen LogP contribution in [0.5, 0.6) is 0 Å². The van der Waals surface area contributed by atoms with E-state index in [-0.39, 0.29) is 0 Å². The van der Waals surface area contributed by atoms with Crippen molar-refractivity contribution in [1.29, 1.82) is 0 Å². The molecule has 0 bridgehead atoms. The van der Waals surface area contributed by atoms with E-state index in [9.17, 15) is 0 Å². The van der Waals surface area contributed by atoms with Gasteiger partial charge in [-0.3, -0.25) is 4.98 Å². The summed E-state index contributed by atoms with van der Waals surface area (Å²) in [5, 5.41) is 3.11. The number of hydrogen-bond acceptors (Lipinski definition) is 3. The van der Waals surface area contributed by atoms with Gasteiger partial charge in [-0.15, -0.1) is 0 Å².